The Kier molecular flexibility index (Phi) is 5.92. The first-order valence-corrected chi connectivity index (χ1v) is 10.1. The highest BCUT2D eigenvalue weighted by molar-refractivity contribution is 5.94. The predicted octanol–water partition coefficient (Wildman–Crippen LogP) is 2.90. The number of hydrogen-bond acceptors (Lipinski definition) is 2. The van der Waals surface area contributed by atoms with E-state index in [0.717, 1.165) is 49.6 Å². The topological polar surface area (TPSA) is 34.0 Å². The summed E-state index contributed by atoms with van der Waals surface area (Å²) in [5.41, 5.74) is 4.34. The number of ether oxygens (including phenoxy) is 1. The molecule has 1 aliphatic heterocycles. The van der Waals surface area contributed by atoms with E-state index in [1.54, 1.807) is 7.11 Å². The van der Waals surface area contributed by atoms with E-state index in [4.69, 9.17) is 4.74 Å². The molecule has 1 heterocycles. The van der Waals surface area contributed by atoms with Crippen molar-refractivity contribution in [1.29, 1.82) is 0 Å². The molecule has 1 amide bonds. The van der Waals surface area contributed by atoms with Gasteiger partial charge in [-0.05, 0) is 35.4 Å². The highest BCUT2D eigenvalue weighted by Crippen LogP contribution is 2.20. The third-order valence-corrected chi connectivity index (χ3v) is 5.59. The molecular formula is C25H27N2O2+. The van der Waals surface area contributed by atoms with E-state index in [1.807, 2.05) is 59.5 Å². The van der Waals surface area contributed by atoms with Crippen molar-refractivity contribution in [2.45, 2.75) is 6.54 Å². The SMILES string of the molecule is COc1cccc(C[NH+]2CCN(C(=O)c3ccc(-c4ccccc4)cc3)CC2)c1. The Morgan fingerprint density at radius 3 is 2.28 bits per heavy atom. The van der Waals surface area contributed by atoms with E-state index in [9.17, 15) is 4.79 Å². The number of rotatable bonds is 5. The van der Waals surface area contributed by atoms with Gasteiger partial charge in [0.2, 0.25) is 0 Å². The van der Waals surface area contributed by atoms with E-state index >= 15 is 0 Å². The van der Waals surface area contributed by atoms with Crippen LogP contribution < -0.4 is 9.64 Å². The van der Waals surface area contributed by atoms with Gasteiger partial charge in [-0.15, -0.1) is 0 Å². The fraction of sp³-hybridized carbons (Fsp3) is 0.240. The van der Waals surface area contributed by atoms with Gasteiger partial charge in [0.05, 0.1) is 33.3 Å². The second kappa shape index (κ2) is 8.93. The number of carbonyl (C=O) groups excluding carboxylic acids is 1. The molecule has 0 unspecified atom stereocenters. The normalized spacial score (nSPS) is 14.6. The number of hydrogen-bond donors (Lipinski definition) is 1. The molecule has 1 N–H and O–H groups in total. The number of nitrogens with one attached hydrogen (secondary N) is 1. The summed E-state index contributed by atoms with van der Waals surface area (Å²) in [4.78, 5) is 16.4. The Morgan fingerprint density at radius 1 is 0.897 bits per heavy atom. The van der Waals surface area contributed by atoms with Crippen LogP contribution in [0.25, 0.3) is 11.1 Å². The van der Waals surface area contributed by atoms with Crippen molar-refractivity contribution < 1.29 is 14.4 Å². The smallest absolute Gasteiger partial charge is 0.254 e. The lowest BCUT2D eigenvalue weighted by atomic mass is 10.0. The second-order valence-electron chi connectivity index (χ2n) is 7.51. The Labute approximate surface area is 172 Å². The van der Waals surface area contributed by atoms with E-state index in [1.165, 1.54) is 16.0 Å². The first kappa shape index (κ1) is 19.2. The van der Waals surface area contributed by atoms with Gasteiger partial charge in [0, 0.05) is 11.1 Å². The molecule has 148 valence electrons. The molecule has 0 saturated carbocycles. The number of carbonyl (C=O) groups is 1. The Morgan fingerprint density at radius 2 is 1.59 bits per heavy atom. The van der Waals surface area contributed by atoms with Gasteiger partial charge in [0.25, 0.3) is 5.91 Å². The molecule has 1 aliphatic rings. The van der Waals surface area contributed by atoms with Crippen LogP contribution in [0.1, 0.15) is 15.9 Å². The van der Waals surface area contributed by atoms with Crippen molar-refractivity contribution in [3.8, 4) is 16.9 Å². The first-order chi connectivity index (χ1) is 14.2. The predicted molar refractivity (Wildman–Crippen MR) is 115 cm³/mol. The van der Waals surface area contributed by atoms with Crippen LogP contribution in [0.5, 0.6) is 5.75 Å². The van der Waals surface area contributed by atoms with Crippen molar-refractivity contribution >= 4 is 5.91 Å². The van der Waals surface area contributed by atoms with Crippen LogP contribution in [-0.4, -0.2) is 44.1 Å². The molecule has 29 heavy (non-hydrogen) atoms. The summed E-state index contributed by atoms with van der Waals surface area (Å²) < 4.78 is 5.32. The number of piperazine rings is 1. The number of methoxy groups -OCH3 is 1. The van der Waals surface area contributed by atoms with Crippen LogP contribution in [0.2, 0.25) is 0 Å². The molecule has 1 fully saturated rings. The van der Waals surface area contributed by atoms with Crippen molar-refractivity contribution in [2.24, 2.45) is 0 Å². The van der Waals surface area contributed by atoms with Crippen molar-refractivity contribution in [2.75, 3.05) is 33.3 Å². The number of nitrogens with zero attached hydrogens (tertiary/aromatic N) is 1. The standard InChI is InChI=1S/C25H26N2O2/c1-29-24-9-5-6-20(18-24)19-26-14-16-27(17-15-26)25(28)23-12-10-22(11-13-23)21-7-3-2-4-8-21/h2-13,18H,14-17,19H2,1H3/p+1. The summed E-state index contributed by atoms with van der Waals surface area (Å²) in [5.74, 6) is 1.03. The molecule has 0 spiro atoms. The van der Waals surface area contributed by atoms with Gasteiger partial charge in [-0.25, -0.2) is 0 Å². The van der Waals surface area contributed by atoms with Gasteiger partial charge in [-0.1, -0.05) is 54.6 Å². The van der Waals surface area contributed by atoms with Gasteiger partial charge in [-0.2, -0.15) is 0 Å². The van der Waals surface area contributed by atoms with Gasteiger partial charge < -0.3 is 14.5 Å². The lowest BCUT2D eigenvalue weighted by molar-refractivity contribution is -0.917. The van der Waals surface area contributed by atoms with Crippen LogP contribution in [0.3, 0.4) is 0 Å². The summed E-state index contributed by atoms with van der Waals surface area (Å²) in [6.45, 7) is 4.47. The van der Waals surface area contributed by atoms with E-state index in [-0.39, 0.29) is 5.91 Å². The molecular weight excluding hydrogens is 360 g/mol. The maximum Gasteiger partial charge on any atom is 0.254 e. The maximum atomic E-state index is 12.9. The average Bonchev–Trinajstić information content (AvgIpc) is 2.80. The zero-order valence-electron chi connectivity index (χ0n) is 16.8. The minimum Gasteiger partial charge on any atom is -0.497 e. The molecule has 0 atom stereocenters. The molecule has 1 saturated heterocycles. The van der Waals surface area contributed by atoms with E-state index in [0.29, 0.717) is 0 Å². The van der Waals surface area contributed by atoms with Crippen LogP contribution >= 0.6 is 0 Å². The Balaban J connectivity index is 1.34. The fourth-order valence-electron chi connectivity index (χ4n) is 3.89. The molecule has 0 aromatic heterocycles. The molecule has 3 aromatic rings. The highest BCUT2D eigenvalue weighted by atomic mass is 16.5. The van der Waals surface area contributed by atoms with Crippen molar-refractivity contribution in [1.82, 2.24) is 4.90 Å². The zero-order valence-corrected chi connectivity index (χ0v) is 16.8. The van der Waals surface area contributed by atoms with Gasteiger partial charge in [0.1, 0.15) is 12.3 Å². The summed E-state index contributed by atoms with van der Waals surface area (Å²) in [6, 6.07) is 26.4. The maximum absolute atomic E-state index is 12.9. The van der Waals surface area contributed by atoms with E-state index < -0.39 is 0 Å². The van der Waals surface area contributed by atoms with Crippen LogP contribution in [0, 0.1) is 0 Å². The van der Waals surface area contributed by atoms with Gasteiger partial charge in [0.15, 0.2) is 0 Å². The molecule has 0 aliphatic carbocycles. The summed E-state index contributed by atoms with van der Waals surface area (Å²) >= 11 is 0. The van der Waals surface area contributed by atoms with Crippen LogP contribution in [-0.2, 0) is 6.54 Å². The fourth-order valence-corrected chi connectivity index (χ4v) is 3.89. The van der Waals surface area contributed by atoms with Gasteiger partial charge in [-0.3, -0.25) is 4.79 Å². The van der Waals surface area contributed by atoms with Crippen molar-refractivity contribution in [3.63, 3.8) is 0 Å². The second-order valence-corrected chi connectivity index (χ2v) is 7.51. The Bertz CT molecular complexity index is 946. The summed E-state index contributed by atoms with van der Waals surface area (Å²) in [5, 5.41) is 0. The minimum atomic E-state index is 0.130. The largest absolute Gasteiger partial charge is 0.497 e. The first-order valence-electron chi connectivity index (χ1n) is 10.1. The van der Waals surface area contributed by atoms with Crippen molar-refractivity contribution in [3.05, 3.63) is 90.0 Å². The third-order valence-electron chi connectivity index (χ3n) is 5.59. The number of benzene rings is 3. The average molecular weight is 388 g/mol. The number of amides is 1. The monoisotopic (exact) mass is 387 g/mol. The molecule has 4 rings (SSSR count). The molecule has 4 nitrogen and oxygen atoms in total. The van der Waals surface area contributed by atoms with E-state index in [2.05, 4.69) is 24.3 Å². The molecule has 3 aromatic carbocycles. The summed E-state index contributed by atoms with van der Waals surface area (Å²) in [6.07, 6.45) is 0. The van der Waals surface area contributed by atoms with Crippen LogP contribution in [0.15, 0.2) is 78.9 Å². The number of quaternary nitrogens is 1. The quantitative estimate of drug-likeness (QED) is 0.730. The molecule has 4 heteroatoms. The zero-order chi connectivity index (χ0) is 20.1. The molecule has 0 radical (unpaired) electrons. The Hall–Kier alpha value is -3.11. The minimum absolute atomic E-state index is 0.130. The summed E-state index contributed by atoms with van der Waals surface area (Å²) in [7, 11) is 1.70. The van der Waals surface area contributed by atoms with Crippen LogP contribution in [0.4, 0.5) is 0 Å². The lowest BCUT2D eigenvalue weighted by Crippen LogP contribution is -3.13. The third kappa shape index (κ3) is 4.66. The lowest BCUT2D eigenvalue weighted by Gasteiger charge is -2.32. The highest BCUT2D eigenvalue weighted by Gasteiger charge is 2.24. The van der Waals surface area contributed by atoms with Gasteiger partial charge >= 0.3 is 0 Å². The molecule has 0 bridgehead atoms.